The molecule has 0 spiro atoms. The lowest BCUT2D eigenvalue weighted by molar-refractivity contribution is 0.926. The zero-order chi connectivity index (χ0) is 9.14. The van der Waals surface area contributed by atoms with E-state index < -0.39 is 6.04 Å². The first kappa shape index (κ1) is 9.34. The lowest BCUT2D eigenvalue weighted by Gasteiger charge is -2.03. The first-order valence-corrected chi connectivity index (χ1v) is 4.00. The first-order valence-electron chi connectivity index (χ1n) is 3.24. The van der Waals surface area contributed by atoms with Crippen molar-refractivity contribution < 1.29 is 0 Å². The van der Waals surface area contributed by atoms with Gasteiger partial charge in [-0.1, -0.05) is 23.2 Å². The van der Waals surface area contributed by atoms with E-state index in [2.05, 4.69) is 0 Å². The second-order valence-electron chi connectivity index (χ2n) is 2.31. The first-order chi connectivity index (χ1) is 5.63. The summed E-state index contributed by atoms with van der Waals surface area (Å²) in [6.07, 6.45) is 0. The van der Waals surface area contributed by atoms with Crippen LogP contribution in [0, 0.1) is 11.3 Å². The lowest BCUT2D eigenvalue weighted by Crippen LogP contribution is -2.06. The number of hydrogen-bond acceptors (Lipinski definition) is 2. The van der Waals surface area contributed by atoms with E-state index in [1.807, 2.05) is 6.07 Å². The van der Waals surface area contributed by atoms with E-state index >= 15 is 0 Å². The van der Waals surface area contributed by atoms with Gasteiger partial charge >= 0.3 is 0 Å². The fourth-order valence-corrected chi connectivity index (χ4v) is 1.37. The Labute approximate surface area is 80.5 Å². The van der Waals surface area contributed by atoms with Crippen LogP contribution in [0.5, 0.6) is 0 Å². The van der Waals surface area contributed by atoms with Crippen LogP contribution in [0.3, 0.4) is 0 Å². The van der Waals surface area contributed by atoms with Crippen molar-refractivity contribution in [3.8, 4) is 6.07 Å². The number of benzene rings is 1. The van der Waals surface area contributed by atoms with Crippen molar-refractivity contribution in [1.29, 1.82) is 5.26 Å². The van der Waals surface area contributed by atoms with Crippen LogP contribution in [-0.4, -0.2) is 0 Å². The molecule has 1 aromatic carbocycles. The molecule has 0 saturated carbocycles. The summed E-state index contributed by atoms with van der Waals surface area (Å²) in [6.45, 7) is 0. The highest BCUT2D eigenvalue weighted by atomic mass is 35.5. The predicted molar refractivity (Wildman–Crippen MR) is 49.0 cm³/mol. The molecule has 0 aromatic heterocycles. The summed E-state index contributed by atoms with van der Waals surface area (Å²) >= 11 is 11.4. The number of nitrogens with zero attached hydrogens (tertiary/aromatic N) is 1. The Kier molecular flexibility index (Phi) is 2.93. The van der Waals surface area contributed by atoms with Crippen LogP contribution in [0.15, 0.2) is 18.2 Å². The second kappa shape index (κ2) is 3.77. The quantitative estimate of drug-likeness (QED) is 0.758. The molecule has 1 atom stereocenters. The highest BCUT2D eigenvalue weighted by molar-refractivity contribution is 6.34. The van der Waals surface area contributed by atoms with Crippen molar-refractivity contribution in [3.05, 3.63) is 33.8 Å². The molecular formula is C8H6Cl2N2. The smallest absolute Gasteiger partial charge is 0.118 e. The largest absolute Gasteiger partial charge is 0.312 e. The van der Waals surface area contributed by atoms with Crippen LogP contribution in [0.4, 0.5) is 0 Å². The van der Waals surface area contributed by atoms with Gasteiger partial charge in [0.15, 0.2) is 0 Å². The van der Waals surface area contributed by atoms with Crippen LogP contribution >= 0.6 is 23.2 Å². The number of nitrogens with two attached hydrogens (primary N) is 1. The maximum absolute atomic E-state index is 8.51. The molecule has 0 aliphatic rings. The van der Waals surface area contributed by atoms with Crippen molar-refractivity contribution in [1.82, 2.24) is 0 Å². The molecule has 0 saturated heterocycles. The maximum atomic E-state index is 8.51. The third-order valence-corrected chi connectivity index (χ3v) is 1.82. The van der Waals surface area contributed by atoms with E-state index in [0.29, 0.717) is 15.6 Å². The van der Waals surface area contributed by atoms with Crippen LogP contribution in [0.1, 0.15) is 11.6 Å². The Morgan fingerprint density at radius 2 is 1.75 bits per heavy atom. The summed E-state index contributed by atoms with van der Waals surface area (Å²) in [6, 6.07) is 6.08. The summed E-state index contributed by atoms with van der Waals surface area (Å²) in [7, 11) is 0. The third-order valence-electron chi connectivity index (χ3n) is 1.38. The van der Waals surface area contributed by atoms with Gasteiger partial charge in [-0.3, -0.25) is 0 Å². The van der Waals surface area contributed by atoms with Crippen molar-refractivity contribution in [3.63, 3.8) is 0 Å². The predicted octanol–water partition coefficient (Wildman–Crippen LogP) is 2.52. The molecule has 1 rings (SSSR count). The summed E-state index contributed by atoms with van der Waals surface area (Å²) in [5.74, 6) is 0. The van der Waals surface area contributed by atoms with Crippen LogP contribution in [0.2, 0.25) is 10.0 Å². The molecule has 0 bridgehead atoms. The van der Waals surface area contributed by atoms with Gasteiger partial charge in [-0.05, 0) is 23.8 Å². The molecule has 0 aliphatic carbocycles. The van der Waals surface area contributed by atoms with Gasteiger partial charge in [0.2, 0.25) is 0 Å². The third kappa shape index (κ3) is 2.12. The molecule has 0 amide bonds. The van der Waals surface area contributed by atoms with E-state index in [9.17, 15) is 0 Å². The summed E-state index contributed by atoms with van der Waals surface area (Å²) < 4.78 is 0. The second-order valence-corrected chi connectivity index (χ2v) is 3.18. The van der Waals surface area contributed by atoms with Crippen LogP contribution < -0.4 is 5.73 Å². The summed E-state index contributed by atoms with van der Waals surface area (Å²) in [5.41, 5.74) is 6.09. The SMILES string of the molecule is N#C[C@H](N)c1cc(Cl)cc(Cl)c1. The molecule has 0 heterocycles. The summed E-state index contributed by atoms with van der Waals surface area (Å²) in [5, 5.41) is 9.49. The Hall–Kier alpha value is -0.750. The monoisotopic (exact) mass is 200 g/mol. The van der Waals surface area contributed by atoms with Crippen molar-refractivity contribution >= 4 is 23.2 Å². The van der Waals surface area contributed by atoms with Gasteiger partial charge in [-0.25, -0.2) is 0 Å². The van der Waals surface area contributed by atoms with Crippen molar-refractivity contribution in [2.24, 2.45) is 5.73 Å². The molecule has 0 fully saturated rings. The molecule has 0 radical (unpaired) electrons. The normalized spacial score (nSPS) is 12.2. The van der Waals surface area contributed by atoms with E-state index in [0.717, 1.165) is 0 Å². The van der Waals surface area contributed by atoms with Gasteiger partial charge in [0.25, 0.3) is 0 Å². The topological polar surface area (TPSA) is 49.8 Å². The fraction of sp³-hybridized carbons (Fsp3) is 0.125. The standard InChI is InChI=1S/C8H6Cl2N2/c9-6-1-5(8(12)4-11)2-7(10)3-6/h1-3,8H,12H2/t8-/m0/s1. The lowest BCUT2D eigenvalue weighted by atomic mass is 10.1. The minimum Gasteiger partial charge on any atom is -0.312 e. The van der Waals surface area contributed by atoms with E-state index in [4.69, 9.17) is 34.2 Å². The van der Waals surface area contributed by atoms with E-state index in [-0.39, 0.29) is 0 Å². The fourth-order valence-electron chi connectivity index (χ4n) is 0.829. The molecule has 4 heteroatoms. The van der Waals surface area contributed by atoms with Crippen molar-refractivity contribution in [2.45, 2.75) is 6.04 Å². The van der Waals surface area contributed by atoms with Gasteiger partial charge in [0, 0.05) is 10.0 Å². The Morgan fingerprint density at radius 3 is 2.17 bits per heavy atom. The van der Waals surface area contributed by atoms with Gasteiger partial charge in [-0.2, -0.15) is 5.26 Å². The number of halogens is 2. The van der Waals surface area contributed by atoms with Crippen LogP contribution in [-0.2, 0) is 0 Å². The van der Waals surface area contributed by atoms with E-state index in [1.165, 1.54) is 0 Å². The minimum absolute atomic E-state index is 0.489. The Balaban J connectivity index is 3.10. The van der Waals surface area contributed by atoms with Crippen LogP contribution in [0.25, 0.3) is 0 Å². The molecular weight excluding hydrogens is 195 g/mol. The van der Waals surface area contributed by atoms with Gasteiger partial charge in [-0.15, -0.1) is 0 Å². The molecule has 2 nitrogen and oxygen atoms in total. The summed E-state index contributed by atoms with van der Waals surface area (Å²) in [4.78, 5) is 0. The van der Waals surface area contributed by atoms with Crippen molar-refractivity contribution in [2.75, 3.05) is 0 Å². The minimum atomic E-state index is -0.666. The van der Waals surface area contributed by atoms with Gasteiger partial charge in [0.05, 0.1) is 6.07 Å². The molecule has 0 unspecified atom stereocenters. The van der Waals surface area contributed by atoms with Gasteiger partial charge in [0.1, 0.15) is 6.04 Å². The van der Waals surface area contributed by atoms with Gasteiger partial charge < -0.3 is 5.73 Å². The molecule has 0 aliphatic heterocycles. The highest BCUT2D eigenvalue weighted by Gasteiger charge is 2.05. The van der Waals surface area contributed by atoms with E-state index in [1.54, 1.807) is 18.2 Å². The molecule has 1 aromatic rings. The number of nitriles is 1. The molecule has 2 N–H and O–H groups in total. The highest BCUT2D eigenvalue weighted by Crippen LogP contribution is 2.21. The Bertz CT molecular complexity index is 310. The number of hydrogen-bond donors (Lipinski definition) is 1. The number of rotatable bonds is 1. The maximum Gasteiger partial charge on any atom is 0.118 e. The molecule has 62 valence electrons. The zero-order valence-electron chi connectivity index (χ0n) is 6.09. The Morgan fingerprint density at radius 1 is 1.25 bits per heavy atom. The zero-order valence-corrected chi connectivity index (χ0v) is 7.60. The molecule has 12 heavy (non-hydrogen) atoms. The average Bonchev–Trinajstić information content (AvgIpc) is 2.01. The average molecular weight is 201 g/mol.